The van der Waals surface area contributed by atoms with Crippen LogP contribution in [0.15, 0.2) is 109 Å². The molecule has 0 atom stereocenters. The molecule has 34 heavy (non-hydrogen) atoms. The fourth-order valence-corrected chi connectivity index (χ4v) is 5.41. The number of rotatable bonds is 2. The maximum atomic E-state index is 6.37. The lowest BCUT2D eigenvalue weighted by atomic mass is 9.97. The molecule has 0 spiro atoms. The minimum absolute atomic E-state index is 1.04. The summed E-state index contributed by atoms with van der Waals surface area (Å²) in [4.78, 5) is 0. The highest BCUT2D eigenvalue weighted by atomic mass is 15.3. The molecule has 0 fully saturated rings. The molecule has 3 nitrogen and oxygen atoms in total. The summed E-state index contributed by atoms with van der Waals surface area (Å²) in [5, 5.41) is 4.94. The Morgan fingerprint density at radius 2 is 0.912 bits per heavy atom. The Morgan fingerprint density at radius 3 is 1.62 bits per heavy atom. The van der Waals surface area contributed by atoms with Crippen LogP contribution in [0.1, 0.15) is 0 Å². The summed E-state index contributed by atoms with van der Waals surface area (Å²) in [6.07, 6.45) is 0. The van der Waals surface area contributed by atoms with E-state index in [-0.39, 0.29) is 0 Å². The molecule has 0 bridgehead atoms. The smallest absolute Gasteiger partial charge is 0.0704 e. The van der Waals surface area contributed by atoms with Gasteiger partial charge in [0, 0.05) is 39.6 Å². The molecule has 0 saturated carbocycles. The number of fused-ring (bicyclic) bond motifs is 6. The number of aromatic nitrogens is 2. The number of hydrogen-bond acceptors (Lipinski definition) is 1. The molecule has 0 radical (unpaired) electrons. The van der Waals surface area contributed by atoms with Crippen LogP contribution < -0.4 is 5.84 Å². The number of benzene rings is 5. The molecule has 2 N–H and O–H groups in total. The quantitative estimate of drug-likeness (QED) is 0.280. The van der Waals surface area contributed by atoms with Crippen molar-refractivity contribution in [1.29, 1.82) is 0 Å². The van der Waals surface area contributed by atoms with Gasteiger partial charge in [-0.3, -0.25) is 4.68 Å². The molecule has 162 valence electrons. The summed E-state index contributed by atoms with van der Waals surface area (Å²) < 4.78 is 4.05. The van der Waals surface area contributed by atoms with Crippen LogP contribution in [0.5, 0.6) is 0 Å². The van der Waals surface area contributed by atoms with Gasteiger partial charge >= 0.3 is 0 Å². The van der Waals surface area contributed by atoms with E-state index >= 15 is 0 Å². The third-order valence-electron chi connectivity index (χ3n) is 7.15. The first-order chi connectivity index (χ1) is 16.7. The average molecular weight is 438 g/mol. The third-order valence-corrected chi connectivity index (χ3v) is 7.15. The highest BCUT2D eigenvalue weighted by Gasteiger charge is 2.12. The molecule has 0 amide bonds. The van der Waals surface area contributed by atoms with E-state index in [4.69, 9.17) is 5.84 Å². The molecule has 7 rings (SSSR count). The monoisotopic (exact) mass is 437 g/mol. The predicted octanol–water partition coefficient (Wildman–Crippen LogP) is 7.49. The van der Waals surface area contributed by atoms with Gasteiger partial charge in [-0.25, -0.2) is 0 Å². The van der Waals surface area contributed by atoms with Gasteiger partial charge in [-0.1, -0.05) is 66.7 Å². The second kappa shape index (κ2) is 7.00. The first kappa shape index (κ1) is 19.0. The van der Waals surface area contributed by atoms with Gasteiger partial charge in [-0.05, 0) is 64.7 Å². The van der Waals surface area contributed by atoms with Crippen molar-refractivity contribution in [2.24, 2.45) is 7.05 Å². The zero-order valence-electron chi connectivity index (χ0n) is 18.9. The molecule has 0 saturated heterocycles. The normalized spacial score (nSPS) is 11.8. The van der Waals surface area contributed by atoms with Crippen molar-refractivity contribution in [3.8, 4) is 22.3 Å². The molecule has 0 aliphatic carbocycles. The van der Waals surface area contributed by atoms with Crippen molar-refractivity contribution in [2.45, 2.75) is 0 Å². The lowest BCUT2D eigenvalue weighted by molar-refractivity contribution is 1.01. The maximum absolute atomic E-state index is 6.37. The van der Waals surface area contributed by atoms with E-state index in [0.29, 0.717) is 0 Å². The maximum Gasteiger partial charge on any atom is 0.0704 e. The van der Waals surface area contributed by atoms with Crippen LogP contribution in [-0.2, 0) is 7.05 Å². The van der Waals surface area contributed by atoms with Gasteiger partial charge in [-0.2, -0.15) is 0 Å². The standard InChI is InChI=1S/C31H23N3/c1-33-28-11-4-2-9-24(28)26-18-22(13-15-29(26)33)20-7-6-8-21(17-20)23-14-16-31-27(19-23)25-10-3-5-12-30(25)34(31)32/h2-19H,32H2,1H3. The number of nitrogen functional groups attached to an aromatic ring is 1. The number of hydrogen-bond donors (Lipinski definition) is 1. The fourth-order valence-electron chi connectivity index (χ4n) is 5.41. The van der Waals surface area contributed by atoms with E-state index in [9.17, 15) is 0 Å². The Morgan fingerprint density at radius 1 is 0.441 bits per heavy atom. The molecule has 0 unspecified atom stereocenters. The Hall–Kier alpha value is -4.50. The highest BCUT2D eigenvalue weighted by molar-refractivity contribution is 6.10. The summed E-state index contributed by atoms with van der Waals surface area (Å²) in [5.41, 5.74) is 9.44. The summed E-state index contributed by atoms with van der Waals surface area (Å²) in [6.45, 7) is 0. The van der Waals surface area contributed by atoms with Crippen molar-refractivity contribution in [3.63, 3.8) is 0 Å². The van der Waals surface area contributed by atoms with Gasteiger partial charge in [0.1, 0.15) is 0 Å². The average Bonchev–Trinajstić information content (AvgIpc) is 3.35. The van der Waals surface area contributed by atoms with Crippen LogP contribution >= 0.6 is 0 Å². The molecular weight excluding hydrogens is 414 g/mol. The number of para-hydroxylation sites is 2. The molecule has 5 aromatic carbocycles. The minimum atomic E-state index is 1.04. The largest absolute Gasteiger partial charge is 0.344 e. The van der Waals surface area contributed by atoms with Gasteiger partial charge in [0.2, 0.25) is 0 Å². The number of aryl methyl sites for hydroxylation is 1. The van der Waals surface area contributed by atoms with Gasteiger partial charge in [-0.15, -0.1) is 0 Å². The van der Waals surface area contributed by atoms with Crippen LogP contribution in [0.4, 0.5) is 0 Å². The van der Waals surface area contributed by atoms with Gasteiger partial charge in [0.25, 0.3) is 0 Å². The molecule has 0 aliphatic heterocycles. The van der Waals surface area contributed by atoms with E-state index in [0.717, 1.165) is 11.0 Å². The van der Waals surface area contributed by atoms with E-state index < -0.39 is 0 Å². The predicted molar refractivity (Wildman–Crippen MR) is 144 cm³/mol. The second-order valence-corrected chi connectivity index (χ2v) is 9.01. The lowest BCUT2D eigenvalue weighted by Gasteiger charge is -2.08. The Bertz CT molecular complexity index is 1750. The Labute approximate surface area is 197 Å². The SMILES string of the molecule is Cn1c2ccccc2c2cc(-c3cccc(-c4ccc5c(c4)c4ccccc4n5N)c3)ccc21. The van der Waals surface area contributed by atoms with E-state index in [1.54, 1.807) is 4.68 Å². The van der Waals surface area contributed by atoms with E-state index in [1.165, 1.54) is 54.8 Å². The van der Waals surface area contributed by atoms with Crippen LogP contribution in [0, 0.1) is 0 Å². The van der Waals surface area contributed by atoms with Gasteiger partial charge in [0.15, 0.2) is 0 Å². The van der Waals surface area contributed by atoms with Gasteiger partial charge in [0.05, 0.1) is 11.0 Å². The first-order valence-electron chi connectivity index (χ1n) is 11.6. The molecule has 2 heterocycles. The fraction of sp³-hybridized carbons (Fsp3) is 0.0323. The van der Waals surface area contributed by atoms with Crippen molar-refractivity contribution in [3.05, 3.63) is 109 Å². The van der Waals surface area contributed by atoms with E-state index in [1.807, 2.05) is 6.07 Å². The molecule has 7 aromatic rings. The second-order valence-electron chi connectivity index (χ2n) is 9.01. The third kappa shape index (κ3) is 2.64. The molecule has 3 heteroatoms. The van der Waals surface area contributed by atoms with Crippen LogP contribution in [0.2, 0.25) is 0 Å². The zero-order valence-corrected chi connectivity index (χ0v) is 18.9. The topological polar surface area (TPSA) is 35.9 Å². The molecule has 0 aliphatic rings. The lowest BCUT2D eigenvalue weighted by Crippen LogP contribution is -2.06. The Balaban J connectivity index is 1.38. The Kier molecular flexibility index (Phi) is 3.91. The minimum Gasteiger partial charge on any atom is -0.344 e. The summed E-state index contributed by atoms with van der Waals surface area (Å²) in [7, 11) is 2.14. The number of nitrogens with two attached hydrogens (primary N) is 1. The molecular formula is C31H23N3. The van der Waals surface area contributed by atoms with Gasteiger partial charge < -0.3 is 10.4 Å². The molecule has 2 aromatic heterocycles. The first-order valence-corrected chi connectivity index (χ1v) is 11.6. The van der Waals surface area contributed by atoms with Crippen molar-refractivity contribution >= 4 is 43.6 Å². The van der Waals surface area contributed by atoms with Crippen molar-refractivity contribution < 1.29 is 0 Å². The summed E-state index contributed by atoms with van der Waals surface area (Å²) in [5.74, 6) is 6.37. The van der Waals surface area contributed by atoms with Crippen LogP contribution in [-0.4, -0.2) is 9.24 Å². The highest BCUT2D eigenvalue weighted by Crippen LogP contribution is 2.35. The summed E-state index contributed by atoms with van der Waals surface area (Å²) in [6, 6.07) is 39.1. The zero-order chi connectivity index (χ0) is 22.8. The number of nitrogens with zero attached hydrogens (tertiary/aromatic N) is 2. The van der Waals surface area contributed by atoms with Crippen molar-refractivity contribution in [2.75, 3.05) is 5.84 Å². The van der Waals surface area contributed by atoms with E-state index in [2.05, 4.69) is 115 Å². The van der Waals surface area contributed by atoms with Crippen molar-refractivity contribution in [1.82, 2.24) is 9.24 Å². The van der Waals surface area contributed by atoms with Crippen LogP contribution in [0.25, 0.3) is 65.9 Å². The summed E-state index contributed by atoms with van der Waals surface area (Å²) >= 11 is 0. The van der Waals surface area contributed by atoms with Crippen LogP contribution in [0.3, 0.4) is 0 Å².